The molecule has 0 aliphatic carbocycles. The van der Waals surface area contributed by atoms with Crippen LogP contribution in [0.2, 0.25) is 0 Å². The molecule has 3 aromatic rings. The van der Waals surface area contributed by atoms with Crippen LogP contribution in [-0.4, -0.2) is 28.5 Å². The van der Waals surface area contributed by atoms with Gasteiger partial charge in [0.1, 0.15) is 5.82 Å². The number of amides is 1. The van der Waals surface area contributed by atoms with E-state index in [0.717, 1.165) is 23.2 Å². The molecule has 1 saturated heterocycles. The highest BCUT2D eigenvalue weighted by Crippen LogP contribution is 2.40. The van der Waals surface area contributed by atoms with Crippen LogP contribution in [0.5, 0.6) is 0 Å². The van der Waals surface area contributed by atoms with E-state index in [1.807, 2.05) is 33.7 Å². The molecule has 2 unspecified atom stereocenters. The van der Waals surface area contributed by atoms with Crippen LogP contribution in [0.3, 0.4) is 0 Å². The number of carbonyl (C=O) groups excluding carboxylic acids is 1. The highest BCUT2D eigenvalue weighted by molar-refractivity contribution is 5.94. The summed E-state index contributed by atoms with van der Waals surface area (Å²) in [5, 5.41) is 9.28. The summed E-state index contributed by atoms with van der Waals surface area (Å²) in [5.41, 5.74) is 3.74. The lowest BCUT2D eigenvalue weighted by molar-refractivity contribution is 0.0595. The van der Waals surface area contributed by atoms with Gasteiger partial charge in [0.15, 0.2) is 0 Å². The van der Waals surface area contributed by atoms with Gasteiger partial charge in [0, 0.05) is 48.4 Å². The van der Waals surface area contributed by atoms with Crippen LogP contribution in [0.1, 0.15) is 34.0 Å². The molecular formula is C25H20FN3O2. The highest BCUT2D eigenvalue weighted by Gasteiger charge is 2.38. The largest absolute Gasteiger partial charge is 0.338 e. The molecule has 1 fully saturated rings. The van der Waals surface area contributed by atoms with Crippen LogP contribution < -0.4 is 5.56 Å². The minimum Gasteiger partial charge on any atom is -0.338 e. The lowest BCUT2D eigenvalue weighted by Crippen LogP contribution is -2.49. The average Bonchev–Trinajstić information content (AvgIpc) is 2.79. The third-order valence-electron chi connectivity index (χ3n) is 6.27. The average molecular weight is 413 g/mol. The molecule has 0 saturated carbocycles. The molecule has 154 valence electrons. The molecule has 31 heavy (non-hydrogen) atoms. The Labute approximate surface area is 179 Å². The summed E-state index contributed by atoms with van der Waals surface area (Å²) in [6, 6.07) is 18.6. The molecule has 0 N–H and O–H groups in total. The first-order valence-electron chi connectivity index (χ1n) is 10.3. The Morgan fingerprint density at radius 2 is 1.84 bits per heavy atom. The number of rotatable bonds is 2. The molecule has 6 heteroatoms. The first kappa shape index (κ1) is 19.3. The second-order valence-corrected chi connectivity index (χ2v) is 8.29. The van der Waals surface area contributed by atoms with E-state index < -0.39 is 0 Å². The molecule has 2 aliphatic rings. The maximum absolute atomic E-state index is 13.3. The SMILES string of the molecule is N#Cc1cccc(-c2ccc(=O)n3c2C2CC(CN(C(=O)c4ccc(F)cc4)C2)C3)c1. The molecule has 2 aliphatic heterocycles. The Morgan fingerprint density at radius 1 is 1.03 bits per heavy atom. The minimum absolute atomic E-state index is 0.0199. The van der Waals surface area contributed by atoms with Crippen LogP contribution in [0, 0.1) is 23.1 Å². The first-order chi connectivity index (χ1) is 15.0. The summed E-state index contributed by atoms with van der Waals surface area (Å²) >= 11 is 0. The van der Waals surface area contributed by atoms with Gasteiger partial charge in [0.25, 0.3) is 11.5 Å². The Bertz CT molecular complexity index is 1270. The number of halogens is 1. The molecule has 2 atom stereocenters. The number of aromatic nitrogens is 1. The number of hydrogen-bond acceptors (Lipinski definition) is 3. The molecule has 5 rings (SSSR count). The number of benzene rings is 2. The molecule has 3 heterocycles. The zero-order valence-corrected chi connectivity index (χ0v) is 16.8. The van der Waals surface area contributed by atoms with Gasteiger partial charge >= 0.3 is 0 Å². The lowest BCUT2D eigenvalue weighted by atomic mass is 9.80. The zero-order valence-electron chi connectivity index (χ0n) is 16.8. The van der Waals surface area contributed by atoms with E-state index >= 15 is 0 Å². The van der Waals surface area contributed by atoms with Gasteiger partial charge in [-0.05, 0) is 60.4 Å². The highest BCUT2D eigenvalue weighted by atomic mass is 19.1. The fraction of sp³-hybridized carbons (Fsp3) is 0.240. The van der Waals surface area contributed by atoms with Gasteiger partial charge in [0.05, 0.1) is 11.6 Å². The molecule has 0 spiro atoms. The standard InChI is InChI=1S/C25H20FN3O2/c26-21-6-4-18(5-7-21)25(31)28-13-17-11-20(15-28)24-22(8-9-23(30)29(24)14-17)19-3-1-2-16(10-19)12-27/h1-10,17,20H,11,13-15H2. The van der Waals surface area contributed by atoms with Gasteiger partial charge in [-0.1, -0.05) is 12.1 Å². The molecule has 1 aromatic heterocycles. The van der Waals surface area contributed by atoms with Crippen molar-refractivity contribution in [3.05, 3.63) is 93.7 Å². The number of piperidine rings is 1. The molecule has 0 radical (unpaired) electrons. The van der Waals surface area contributed by atoms with Gasteiger partial charge in [0.2, 0.25) is 0 Å². The van der Waals surface area contributed by atoms with Crippen molar-refractivity contribution in [3.63, 3.8) is 0 Å². The van der Waals surface area contributed by atoms with E-state index in [4.69, 9.17) is 0 Å². The number of hydrogen-bond donors (Lipinski definition) is 0. The van der Waals surface area contributed by atoms with Crippen molar-refractivity contribution < 1.29 is 9.18 Å². The van der Waals surface area contributed by atoms with E-state index in [1.165, 1.54) is 24.3 Å². The van der Waals surface area contributed by atoms with Gasteiger partial charge in [-0.2, -0.15) is 5.26 Å². The van der Waals surface area contributed by atoms with Gasteiger partial charge in [-0.3, -0.25) is 9.59 Å². The number of fused-ring (bicyclic) bond motifs is 4. The van der Waals surface area contributed by atoms with E-state index in [-0.39, 0.29) is 29.1 Å². The van der Waals surface area contributed by atoms with E-state index in [1.54, 1.807) is 12.1 Å². The van der Waals surface area contributed by atoms with Crippen molar-refractivity contribution in [2.24, 2.45) is 5.92 Å². The van der Waals surface area contributed by atoms with Gasteiger partial charge in [-0.15, -0.1) is 0 Å². The van der Waals surface area contributed by atoms with Gasteiger partial charge < -0.3 is 9.47 Å². The molecule has 2 bridgehead atoms. The van der Waals surface area contributed by atoms with Gasteiger partial charge in [-0.25, -0.2) is 4.39 Å². The maximum atomic E-state index is 13.3. The molecular weight excluding hydrogens is 393 g/mol. The predicted molar refractivity (Wildman–Crippen MR) is 114 cm³/mol. The third-order valence-corrected chi connectivity index (χ3v) is 6.27. The molecule has 2 aromatic carbocycles. The topological polar surface area (TPSA) is 66.1 Å². The summed E-state index contributed by atoms with van der Waals surface area (Å²) in [4.78, 5) is 27.5. The van der Waals surface area contributed by atoms with Crippen LogP contribution in [0.25, 0.3) is 11.1 Å². The van der Waals surface area contributed by atoms with Crippen molar-refractivity contribution in [2.45, 2.75) is 18.9 Å². The zero-order chi connectivity index (χ0) is 21.5. The Hall–Kier alpha value is -3.72. The quantitative estimate of drug-likeness (QED) is 0.642. The first-order valence-corrected chi connectivity index (χ1v) is 10.3. The molecule has 1 amide bonds. The number of pyridine rings is 1. The van der Waals surface area contributed by atoms with Crippen LogP contribution >= 0.6 is 0 Å². The third kappa shape index (κ3) is 3.42. The normalized spacial score (nSPS) is 19.4. The van der Waals surface area contributed by atoms with E-state index in [2.05, 4.69) is 6.07 Å². The summed E-state index contributed by atoms with van der Waals surface area (Å²) in [6.07, 6.45) is 0.904. The second kappa shape index (κ2) is 7.51. The van der Waals surface area contributed by atoms with Crippen molar-refractivity contribution in [2.75, 3.05) is 13.1 Å². The summed E-state index contributed by atoms with van der Waals surface area (Å²) in [6.45, 7) is 1.64. The van der Waals surface area contributed by atoms with E-state index in [0.29, 0.717) is 30.8 Å². The minimum atomic E-state index is -0.371. The Kier molecular flexibility index (Phi) is 4.67. The fourth-order valence-electron chi connectivity index (χ4n) is 4.96. The number of likely N-dealkylation sites (tertiary alicyclic amines) is 1. The number of nitrogens with zero attached hydrogens (tertiary/aromatic N) is 3. The molecule has 5 nitrogen and oxygen atoms in total. The maximum Gasteiger partial charge on any atom is 0.253 e. The van der Waals surface area contributed by atoms with Crippen molar-refractivity contribution in [1.29, 1.82) is 5.26 Å². The van der Waals surface area contributed by atoms with Crippen molar-refractivity contribution in [3.8, 4) is 17.2 Å². The number of carbonyl (C=O) groups is 1. The number of nitriles is 1. The van der Waals surface area contributed by atoms with E-state index in [9.17, 15) is 19.2 Å². The van der Waals surface area contributed by atoms with Crippen molar-refractivity contribution >= 4 is 5.91 Å². The van der Waals surface area contributed by atoms with Crippen LogP contribution in [-0.2, 0) is 6.54 Å². The monoisotopic (exact) mass is 413 g/mol. The lowest BCUT2D eigenvalue weighted by Gasteiger charge is -2.43. The summed E-state index contributed by atoms with van der Waals surface area (Å²) in [5.74, 6) is -0.278. The summed E-state index contributed by atoms with van der Waals surface area (Å²) in [7, 11) is 0. The van der Waals surface area contributed by atoms with Crippen LogP contribution in [0.4, 0.5) is 4.39 Å². The second-order valence-electron chi connectivity index (χ2n) is 8.29. The van der Waals surface area contributed by atoms with Crippen molar-refractivity contribution in [1.82, 2.24) is 9.47 Å². The smallest absolute Gasteiger partial charge is 0.253 e. The Morgan fingerprint density at radius 3 is 2.61 bits per heavy atom. The predicted octanol–water partition coefficient (Wildman–Crippen LogP) is 3.79. The Balaban J connectivity index is 1.54. The fourth-order valence-corrected chi connectivity index (χ4v) is 4.96. The van der Waals surface area contributed by atoms with Crippen LogP contribution in [0.15, 0.2) is 65.5 Å². The summed E-state index contributed by atoms with van der Waals surface area (Å²) < 4.78 is 15.1.